The van der Waals surface area contributed by atoms with Gasteiger partial charge in [-0.25, -0.2) is 17.8 Å². The highest BCUT2D eigenvalue weighted by molar-refractivity contribution is 7.89. The molecular weight excluding hydrogens is 443 g/mol. The van der Waals surface area contributed by atoms with Crippen LogP contribution in [0.1, 0.15) is 6.92 Å². The molecule has 2 aromatic carbocycles. The summed E-state index contributed by atoms with van der Waals surface area (Å²) in [5, 5.41) is 6.28. The molecule has 1 atom stereocenters. The lowest BCUT2D eigenvalue weighted by molar-refractivity contribution is -0.116. The summed E-state index contributed by atoms with van der Waals surface area (Å²) in [6, 6.07) is 10.5. The molecule has 11 heteroatoms. The topological polar surface area (TPSA) is 101 Å². The minimum absolute atomic E-state index is 0.154. The molecule has 2 heterocycles. The van der Waals surface area contributed by atoms with Crippen LogP contribution < -0.4 is 10.6 Å². The predicted molar refractivity (Wildman–Crippen MR) is 117 cm³/mol. The molecule has 164 valence electrons. The van der Waals surface area contributed by atoms with E-state index in [0.717, 1.165) is 22.3 Å². The number of thiazole rings is 1. The van der Waals surface area contributed by atoms with Crippen LogP contribution in [-0.2, 0) is 19.6 Å². The standard InChI is InChI=1S/C20H21FN4O4S2/c1-13(22-20-24-16-4-2-3-5-17(16)30-20)19(26)23-14-6-7-15(21)18(12-14)31(27,28)25-8-10-29-11-9-25/h2-7,12-13H,8-11H2,1H3,(H,22,24)(H,23,26). The van der Waals surface area contributed by atoms with Crippen LogP contribution in [0.25, 0.3) is 10.2 Å². The fraction of sp³-hybridized carbons (Fsp3) is 0.300. The maximum Gasteiger partial charge on any atom is 0.246 e. The third-order valence-electron chi connectivity index (χ3n) is 4.81. The number of benzene rings is 2. The summed E-state index contributed by atoms with van der Waals surface area (Å²) in [5.74, 6) is -1.27. The van der Waals surface area contributed by atoms with E-state index in [-0.39, 0.29) is 32.0 Å². The minimum atomic E-state index is -4.03. The van der Waals surface area contributed by atoms with Crippen molar-refractivity contribution in [2.45, 2.75) is 17.9 Å². The van der Waals surface area contributed by atoms with Crippen molar-refractivity contribution in [1.82, 2.24) is 9.29 Å². The summed E-state index contributed by atoms with van der Waals surface area (Å²) in [6.07, 6.45) is 0. The maximum atomic E-state index is 14.3. The zero-order valence-corrected chi connectivity index (χ0v) is 18.3. The molecule has 1 unspecified atom stereocenters. The molecule has 31 heavy (non-hydrogen) atoms. The third kappa shape index (κ3) is 4.69. The Kier molecular flexibility index (Phi) is 6.19. The molecule has 1 aromatic heterocycles. The van der Waals surface area contributed by atoms with Crippen LogP contribution >= 0.6 is 11.3 Å². The molecule has 0 aliphatic carbocycles. The van der Waals surface area contributed by atoms with E-state index in [2.05, 4.69) is 15.6 Å². The average Bonchev–Trinajstić information content (AvgIpc) is 3.17. The predicted octanol–water partition coefficient (Wildman–Crippen LogP) is 2.90. The summed E-state index contributed by atoms with van der Waals surface area (Å²) in [4.78, 5) is 16.6. The van der Waals surface area contributed by atoms with Crippen molar-refractivity contribution in [2.24, 2.45) is 0 Å². The molecule has 1 fully saturated rings. The molecule has 3 aromatic rings. The molecule has 1 saturated heterocycles. The van der Waals surface area contributed by atoms with Crippen molar-refractivity contribution >= 4 is 48.3 Å². The van der Waals surface area contributed by atoms with Crippen molar-refractivity contribution in [3.8, 4) is 0 Å². The van der Waals surface area contributed by atoms with E-state index in [1.165, 1.54) is 21.7 Å². The number of carbonyl (C=O) groups excluding carboxylic acids is 1. The number of aromatic nitrogens is 1. The number of hydrogen-bond donors (Lipinski definition) is 2. The zero-order valence-electron chi connectivity index (χ0n) is 16.7. The largest absolute Gasteiger partial charge is 0.379 e. The smallest absolute Gasteiger partial charge is 0.246 e. The monoisotopic (exact) mass is 464 g/mol. The van der Waals surface area contributed by atoms with Gasteiger partial charge in [0, 0.05) is 18.8 Å². The summed E-state index contributed by atoms with van der Waals surface area (Å²) in [5.41, 5.74) is 1.02. The lowest BCUT2D eigenvalue weighted by Crippen LogP contribution is -2.41. The molecule has 0 radical (unpaired) electrons. The second kappa shape index (κ2) is 8.87. The van der Waals surface area contributed by atoms with Crippen molar-refractivity contribution in [1.29, 1.82) is 0 Å². The van der Waals surface area contributed by atoms with E-state index < -0.39 is 32.7 Å². The summed E-state index contributed by atoms with van der Waals surface area (Å²) >= 11 is 1.43. The van der Waals surface area contributed by atoms with Gasteiger partial charge in [0.15, 0.2) is 5.13 Å². The Hall–Kier alpha value is -2.60. The zero-order chi connectivity index (χ0) is 22.0. The van der Waals surface area contributed by atoms with E-state index in [0.29, 0.717) is 5.13 Å². The molecule has 1 aliphatic rings. The quantitative estimate of drug-likeness (QED) is 0.582. The molecule has 0 spiro atoms. The van der Waals surface area contributed by atoms with Crippen molar-refractivity contribution in [3.05, 3.63) is 48.3 Å². The first-order chi connectivity index (χ1) is 14.8. The lowest BCUT2D eigenvalue weighted by atomic mass is 10.2. The van der Waals surface area contributed by atoms with Crippen LogP contribution in [0.15, 0.2) is 47.4 Å². The number of carbonyl (C=O) groups is 1. The number of halogens is 1. The number of para-hydroxylation sites is 1. The Bertz CT molecular complexity index is 1180. The summed E-state index contributed by atoms with van der Waals surface area (Å²) in [7, 11) is -4.03. The molecule has 0 bridgehead atoms. The van der Waals surface area contributed by atoms with Gasteiger partial charge in [0.05, 0.1) is 23.4 Å². The Morgan fingerprint density at radius 1 is 1.23 bits per heavy atom. The van der Waals surface area contributed by atoms with Gasteiger partial charge in [-0.1, -0.05) is 23.5 Å². The van der Waals surface area contributed by atoms with Gasteiger partial charge in [0.25, 0.3) is 0 Å². The molecule has 0 saturated carbocycles. The molecule has 1 amide bonds. The van der Waals surface area contributed by atoms with E-state index >= 15 is 0 Å². The third-order valence-corrected chi connectivity index (χ3v) is 7.70. The van der Waals surface area contributed by atoms with Crippen LogP contribution in [0.2, 0.25) is 0 Å². The maximum absolute atomic E-state index is 14.3. The molecule has 4 rings (SSSR count). The number of nitrogens with zero attached hydrogens (tertiary/aromatic N) is 2. The van der Waals surface area contributed by atoms with Gasteiger partial charge < -0.3 is 15.4 Å². The number of rotatable bonds is 6. The Morgan fingerprint density at radius 3 is 2.71 bits per heavy atom. The number of sulfonamides is 1. The number of fused-ring (bicyclic) bond motifs is 1. The molecular formula is C20H21FN4O4S2. The van der Waals surface area contributed by atoms with Crippen molar-refractivity contribution in [3.63, 3.8) is 0 Å². The van der Waals surface area contributed by atoms with Gasteiger partial charge in [-0.3, -0.25) is 4.79 Å². The minimum Gasteiger partial charge on any atom is -0.379 e. The fourth-order valence-electron chi connectivity index (χ4n) is 3.14. The number of amides is 1. The van der Waals surface area contributed by atoms with E-state index in [1.54, 1.807) is 6.92 Å². The van der Waals surface area contributed by atoms with E-state index in [1.807, 2.05) is 24.3 Å². The van der Waals surface area contributed by atoms with Gasteiger partial charge in [0.1, 0.15) is 16.8 Å². The molecule has 8 nitrogen and oxygen atoms in total. The number of nitrogens with one attached hydrogen (secondary N) is 2. The SMILES string of the molecule is CC(Nc1nc2ccccc2s1)C(=O)Nc1ccc(F)c(S(=O)(=O)N2CCOCC2)c1. The molecule has 1 aliphatic heterocycles. The lowest BCUT2D eigenvalue weighted by Gasteiger charge is -2.26. The molecule has 2 N–H and O–H groups in total. The van der Waals surface area contributed by atoms with Gasteiger partial charge in [-0.15, -0.1) is 0 Å². The van der Waals surface area contributed by atoms with Gasteiger partial charge >= 0.3 is 0 Å². The Labute approximate surface area is 183 Å². The van der Waals surface area contributed by atoms with Crippen LogP contribution in [0.3, 0.4) is 0 Å². The number of ether oxygens (including phenoxy) is 1. The van der Waals surface area contributed by atoms with Crippen LogP contribution in [0.5, 0.6) is 0 Å². The average molecular weight is 465 g/mol. The van der Waals surface area contributed by atoms with Crippen LogP contribution in [0.4, 0.5) is 15.2 Å². The Morgan fingerprint density at radius 2 is 1.97 bits per heavy atom. The number of hydrogen-bond acceptors (Lipinski definition) is 7. The van der Waals surface area contributed by atoms with E-state index in [9.17, 15) is 17.6 Å². The summed E-state index contributed by atoms with van der Waals surface area (Å²) < 4.78 is 47.3. The highest BCUT2D eigenvalue weighted by atomic mass is 32.2. The van der Waals surface area contributed by atoms with Crippen molar-refractivity contribution in [2.75, 3.05) is 36.9 Å². The first-order valence-corrected chi connectivity index (χ1v) is 11.9. The second-order valence-corrected chi connectivity index (χ2v) is 9.94. The highest BCUT2D eigenvalue weighted by Crippen LogP contribution is 2.27. The normalized spacial score (nSPS) is 16.2. The van der Waals surface area contributed by atoms with Crippen LogP contribution in [-0.4, -0.2) is 56.0 Å². The number of morpholine rings is 1. The van der Waals surface area contributed by atoms with Gasteiger partial charge in [0.2, 0.25) is 15.9 Å². The van der Waals surface area contributed by atoms with Gasteiger partial charge in [-0.05, 0) is 37.3 Å². The first-order valence-electron chi connectivity index (χ1n) is 9.65. The second-order valence-electron chi connectivity index (χ2n) is 7.00. The van der Waals surface area contributed by atoms with E-state index in [4.69, 9.17) is 4.74 Å². The number of anilines is 2. The highest BCUT2D eigenvalue weighted by Gasteiger charge is 2.29. The fourth-order valence-corrected chi connectivity index (χ4v) is 5.59. The van der Waals surface area contributed by atoms with Crippen molar-refractivity contribution < 1.29 is 22.3 Å². The summed E-state index contributed by atoms with van der Waals surface area (Å²) in [6.45, 7) is 2.48. The Balaban J connectivity index is 1.48. The first kappa shape index (κ1) is 21.6. The van der Waals surface area contributed by atoms with Crippen LogP contribution in [0, 0.1) is 5.82 Å². The van der Waals surface area contributed by atoms with Gasteiger partial charge in [-0.2, -0.15) is 4.31 Å².